The molecule has 1 aromatic rings. The van der Waals surface area contributed by atoms with Crippen molar-refractivity contribution in [2.75, 3.05) is 7.05 Å². The van der Waals surface area contributed by atoms with Gasteiger partial charge in [-0.2, -0.15) is 5.10 Å². The summed E-state index contributed by atoms with van der Waals surface area (Å²) >= 11 is 0. The van der Waals surface area contributed by atoms with Gasteiger partial charge in [-0.05, 0) is 45.7 Å². The zero-order valence-electron chi connectivity index (χ0n) is 11.1. The van der Waals surface area contributed by atoms with Crippen molar-refractivity contribution in [3.05, 3.63) is 18.5 Å². The summed E-state index contributed by atoms with van der Waals surface area (Å²) in [7, 11) is 2.00. The number of amides is 1. The summed E-state index contributed by atoms with van der Waals surface area (Å²) in [5, 5.41) is 10.5. The first-order valence-electron chi connectivity index (χ1n) is 6.67. The molecule has 5 nitrogen and oxygen atoms in total. The third kappa shape index (κ3) is 3.10. The van der Waals surface area contributed by atoms with Crippen LogP contribution < -0.4 is 10.6 Å². The van der Waals surface area contributed by atoms with Crippen LogP contribution in [0.4, 0.5) is 0 Å². The number of aromatic nitrogens is 2. The smallest absolute Gasteiger partial charge is 0.244 e. The van der Waals surface area contributed by atoms with E-state index in [-0.39, 0.29) is 11.9 Å². The van der Waals surface area contributed by atoms with E-state index in [1.54, 1.807) is 10.9 Å². The minimum absolute atomic E-state index is 0.0617. The van der Waals surface area contributed by atoms with Crippen LogP contribution in [-0.2, 0) is 4.79 Å². The molecule has 1 aliphatic carbocycles. The second-order valence-corrected chi connectivity index (χ2v) is 5.01. The van der Waals surface area contributed by atoms with Gasteiger partial charge >= 0.3 is 0 Å². The number of carbonyl (C=O) groups excluding carboxylic acids is 1. The van der Waals surface area contributed by atoms with Gasteiger partial charge < -0.3 is 10.6 Å². The summed E-state index contributed by atoms with van der Waals surface area (Å²) in [5.41, 5.74) is 0. The first-order chi connectivity index (χ1) is 8.70. The fourth-order valence-corrected chi connectivity index (χ4v) is 2.48. The van der Waals surface area contributed by atoms with Crippen molar-refractivity contribution < 1.29 is 4.79 Å². The van der Waals surface area contributed by atoms with E-state index in [4.69, 9.17) is 0 Å². The molecule has 18 heavy (non-hydrogen) atoms. The van der Waals surface area contributed by atoms with Gasteiger partial charge in [0, 0.05) is 24.5 Å². The molecule has 1 fully saturated rings. The molecule has 1 aromatic heterocycles. The van der Waals surface area contributed by atoms with Crippen LogP contribution in [0.2, 0.25) is 0 Å². The molecule has 100 valence electrons. The van der Waals surface area contributed by atoms with Gasteiger partial charge in [0.05, 0.1) is 0 Å². The molecule has 2 N–H and O–H groups in total. The quantitative estimate of drug-likeness (QED) is 0.841. The predicted octanol–water partition coefficient (Wildman–Crippen LogP) is 1.09. The standard InChI is InChI=1S/C13H22N4O/c1-10(17-9-3-8-15-17)13(18)16-12-6-4-11(14-2)5-7-12/h3,8-12,14H,4-7H2,1-2H3,(H,16,18). The molecular formula is C13H22N4O. The van der Waals surface area contributed by atoms with E-state index in [2.05, 4.69) is 15.7 Å². The summed E-state index contributed by atoms with van der Waals surface area (Å²) in [6.07, 6.45) is 7.91. The first-order valence-corrected chi connectivity index (χ1v) is 6.67. The Kier molecular flexibility index (Phi) is 4.36. The monoisotopic (exact) mass is 250 g/mol. The summed E-state index contributed by atoms with van der Waals surface area (Å²) in [6.45, 7) is 1.88. The molecule has 0 radical (unpaired) electrons. The normalized spacial score (nSPS) is 25.7. The SMILES string of the molecule is CNC1CCC(NC(=O)C(C)n2cccn2)CC1. The van der Waals surface area contributed by atoms with Crippen LogP contribution in [0.3, 0.4) is 0 Å². The zero-order valence-corrected chi connectivity index (χ0v) is 11.1. The van der Waals surface area contributed by atoms with Crippen LogP contribution in [0.15, 0.2) is 18.5 Å². The maximum Gasteiger partial charge on any atom is 0.244 e. The van der Waals surface area contributed by atoms with Crippen molar-refractivity contribution in [3.8, 4) is 0 Å². The zero-order chi connectivity index (χ0) is 13.0. The van der Waals surface area contributed by atoms with Crippen molar-refractivity contribution in [2.24, 2.45) is 0 Å². The Balaban J connectivity index is 1.81. The van der Waals surface area contributed by atoms with Gasteiger partial charge in [0.1, 0.15) is 6.04 Å². The van der Waals surface area contributed by atoms with Crippen molar-refractivity contribution in [1.29, 1.82) is 0 Å². The van der Waals surface area contributed by atoms with Crippen LogP contribution in [0.1, 0.15) is 38.6 Å². The maximum absolute atomic E-state index is 12.1. The van der Waals surface area contributed by atoms with E-state index >= 15 is 0 Å². The molecule has 1 saturated carbocycles. The van der Waals surface area contributed by atoms with Crippen LogP contribution >= 0.6 is 0 Å². The lowest BCUT2D eigenvalue weighted by molar-refractivity contribution is -0.125. The molecule has 1 atom stereocenters. The van der Waals surface area contributed by atoms with Gasteiger partial charge in [0.15, 0.2) is 0 Å². The largest absolute Gasteiger partial charge is 0.352 e. The van der Waals surface area contributed by atoms with Crippen molar-refractivity contribution in [1.82, 2.24) is 20.4 Å². The van der Waals surface area contributed by atoms with Crippen molar-refractivity contribution in [3.63, 3.8) is 0 Å². The van der Waals surface area contributed by atoms with Crippen LogP contribution in [-0.4, -0.2) is 34.8 Å². The van der Waals surface area contributed by atoms with Gasteiger partial charge in [-0.25, -0.2) is 0 Å². The molecule has 0 bridgehead atoms. The summed E-state index contributed by atoms with van der Waals surface area (Å²) in [4.78, 5) is 12.1. The molecule has 0 aliphatic heterocycles. The lowest BCUT2D eigenvalue weighted by Crippen LogP contribution is -2.43. The highest BCUT2D eigenvalue weighted by Crippen LogP contribution is 2.19. The fourth-order valence-electron chi connectivity index (χ4n) is 2.48. The van der Waals surface area contributed by atoms with E-state index < -0.39 is 0 Å². The highest BCUT2D eigenvalue weighted by molar-refractivity contribution is 5.80. The highest BCUT2D eigenvalue weighted by atomic mass is 16.2. The molecule has 0 spiro atoms. The second kappa shape index (κ2) is 6.00. The Hall–Kier alpha value is -1.36. The molecule has 1 aliphatic rings. The molecular weight excluding hydrogens is 228 g/mol. The topological polar surface area (TPSA) is 58.9 Å². The van der Waals surface area contributed by atoms with Crippen LogP contribution in [0.5, 0.6) is 0 Å². The molecule has 0 saturated heterocycles. The van der Waals surface area contributed by atoms with Crippen molar-refractivity contribution >= 4 is 5.91 Å². The lowest BCUT2D eigenvalue weighted by Gasteiger charge is -2.29. The maximum atomic E-state index is 12.1. The minimum atomic E-state index is -0.234. The van der Waals surface area contributed by atoms with Gasteiger partial charge in [-0.1, -0.05) is 0 Å². The lowest BCUT2D eigenvalue weighted by atomic mass is 9.91. The minimum Gasteiger partial charge on any atom is -0.352 e. The average molecular weight is 250 g/mol. The number of nitrogens with one attached hydrogen (secondary N) is 2. The number of rotatable bonds is 4. The third-order valence-corrected chi connectivity index (χ3v) is 3.78. The van der Waals surface area contributed by atoms with Crippen LogP contribution in [0.25, 0.3) is 0 Å². The highest BCUT2D eigenvalue weighted by Gasteiger charge is 2.23. The summed E-state index contributed by atoms with van der Waals surface area (Å²) < 4.78 is 1.69. The summed E-state index contributed by atoms with van der Waals surface area (Å²) in [6, 6.07) is 2.53. The van der Waals surface area contributed by atoms with Crippen molar-refractivity contribution in [2.45, 2.75) is 50.7 Å². The third-order valence-electron chi connectivity index (χ3n) is 3.78. The number of nitrogens with zero attached hydrogens (tertiary/aromatic N) is 2. The molecule has 0 aromatic carbocycles. The second-order valence-electron chi connectivity index (χ2n) is 5.01. The Morgan fingerprint density at radius 2 is 2.00 bits per heavy atom. The average Bonchev–Trinajstić information content (AvgIpc) is 2.92. The van der Waals surface area contributed by atoms with E-state index in [0.717, 1.165) is 25.7 Å². The molecule has 2 rings (SSSR count). The molecule has 1 heterocycles. The Morgan fingerprint density at radius 1 is 1.33 bits per heavy atom. The van der Waals surface area contributed by atoms with E-state index in [9.17, 15) is 4.79 Å². The Labute approximate surface area is 108 Å². The van der Waals surface area contributed by atoms with Gasteiger partial charge in [-0.15, -0.1) is 0 Å². The Morgan fingerprint density at radius 3 is 2.56 bits per heavy atom. The number of carbonyl (C=O) groups is 1. The Bertz CT molecular complexity index is 368. The van der Waals surface area contributed by atoms with Gasteiger partial charge in [0.25, 0.3) is 0 Å². The van der Waals surface area contributed by atoms with E-state index in [1.165, 1.54) is 0 Å². The predicted molar refractivity (Wildman–Crippen MR) is 70.2 cm³/mol. The molecule has 1 unspecified atom stereocenters. The molecule has 5 heteroatoms. The first kappa shape index (κ1) is 13.1. The van der Waals surface area contributed by atoms with Crippen LogP contribution in [0, 0.1) is 0 Å². The van der Waals surface area contributed by atoms with E-state index in [1.807, 2.05) is 26.2 Å². The van der Waals surface area contributed by atoms with Gasteiger partial charge in [0.2, 0.25) is 5.91 Å². The number of hydrogen-bond acceptors (Lipinski definition) is 3. The fraction of sp³-hybridized carbons (Fsp3) is 0.692. The van der Waals surface area contributed by atoms with E-state index in [0.29, 0.717) is 12.1 Å². The number of hydrogen-bond donors (Lipinski definition) is 2. The summed E-state index contributed by atoms with van der Waals surface area (Å²) in [5.74, 6) is 0.0617. The molecule has 1 amide bonds. The van der Waals surface area contributed by atoms with Gasteiger partial charge in [-0.3, -0.25) is 9.48 Å².